The largest absolute Gasteiger partial charge is 0.340 e. The maximum atomic E-state index is 12.9. The van der Waals surface area contributed by atoms with Gasteiger partial charge < -0.3 is 10.2 Å². The zero-order valence-corrected chi connectivity index (χ0v) is 12.5. The van der Waals surface area contributed by atoms with Crippen LogP contribution in [0, 0.1) is 5.41 Å². The van der Waals surface area contributed by atoms with Gasteiger partial charge in [0, 0.05) is 24.1 Å². The van der Waals surface area contributed by atoms with Crippen LogP contribution in [0.4, 0.5) is 0 Å². The Bertz CT molecular complexity index is 290. The molecular formula is C14H26N2OS. The topological polar surface area (TPSA) is 32.3 Å². The number of thioether (sulfide) groups is 1. The summed E-state index contributed by atoms with van der Waals surface area (Å²) in [6, 6.07) is 0. The lowest BCUT2D eigenvalue weighted by Gasteiger charge is -2.42. The van der Waals surface area contributed by atoms with Gasteiger partial charge in [0.25, 0.3) is 0 Å². The maximum Gasteiger partial charge on any atom is 0.228 e. The summed E-state index contributed by atoms with van der Waals surface area (Å²) in [5, 5.41) is 4.03. The predicted molar refractivity (Wildman–Crippen MR) is 77.9 cm³/mol. The summed E-state index contributed by atoms with van der Waals surface area (Å²) in [4.78, 5) is 15.0. The van der Waals surface area contributed by atoms with Gasteiger partial charge in [0.15, 0.2) is 0 Å². The minimum absolute atomic E-state index is 0.0639. The molecule has 0 spiro atoms. The van der Waals surface area contributed by atoms with Gasteiger partial charge in [-0.25, -0.2) is 0 Å². The van der Waals surface area contributed by atoms with Crippen LogP contribution in [0.15, 0.2) is 0 Å². The molecule has 1 amide bonds. The predicted octanol–water partition coefficient (Wildman–Crippen LogP) is 2.12. The molecule has 2 saturated heterocycles. The molecular weight excluding hydrogens is 244 g/mol. The van der Waals surface area contributed by atoms with Crippen LogP contribution in [0.2, 0.25) is 0 Å². The summed E-state index contributed by atoms with van der Waals surface area (Å²) in [7, 11) is 0. The van der Waals surface area contributed by atoms with E-state index >= 15 is 0 Å². The summed E-state index contributed by atoms with van der Waals surface area (Å²) < 4.78 is 0. The van der Waals surface area contributed by atoms with Gasteiger partial charge in [-0.1, -0.05) is 13.8 Å². The Morgan fingerprint density at radius 2 is 2.11 bits per heavy atom. The summed E-state index contributed by atoms with van der Waals surface area (Å²) >= 11 is 2.03. The number of piperidine rings is 1. The van der Waals surface area contributed by atoms with E-state index in [-0.39, 0.29) is 5.41 Å². The average Bonchev–Trinajstić information content (AvgIpc) is 2.47. The highest BCUT2D eigenvalue weighted by Crippen LogP contribution is 2.36. The zero-order valence-electron chi connectivity index (χ0n) is 11.7. The molecule has 0 aromatic rings. The van der Waals surface area contributed by atoms with E-state index in [1.54, 1.807) is 0 Å². The van der Waals surface area contributed by atoms with E-state index < -0.39 is 0 Å². The van der Waals surface area contributed by atoms with E-state index in [4.69, 9.17) is 0 Å². The first-order valence-corrected chi connectivity index (χ1v) is 8.38. The average molecular weight is 270 g/mol. The Kier molecular flexibility index (Phi) is 4.96. The first kappa shape index (κ1) is 14.2. The zero-order chi connectivity index (χ0) is 13.0. The lowest BCUT2D eigenvalue weighted by Crippen LogP contribution is -2.52. The number of nitrogens with zero attached hydrogens (tertiary/aromatic N) is 1. The molecule has 2 heterocycles. The summed E-state index contributed by atoms with van der Waals surface area (Å²) in [5.41, 5.74) is -0.0639. The van der Waals surface area contributed by atoms with Crippen LogP contribution in [0.5, 0.6) is 0 Å². The van der Waals surface area contributed by atoms with E-state index in [1.807, 2.05) is 11.8 Å². The summed E-state index contributed by atoms with van der Waals surface area (Å²) in [6.07, 6.45) is 4.20. The molecule has 0 radical (unpaired) electrons. The third-order valence-electron chi connectivity index (χ3n) is 4.57. The highest BCUT2D eigenvalue weighted by Gasteiger charge is 2.41. The third kappa shape index (κ3) is 2.85. The highest BCUT2D eigenvalue weighted by atomic mass is 32.2. The van der Waals surface area contributed by atoms with E-state index in [0.29, 0.717) is 11.2 Å². The molecule has 1 N–H and O–H groups in total. The van der Waals surface area contributed by atoms with Crippen molar-refractivity contribution < 1.29 is 4.79 Å². The molecule has 0 aliphatic carbocycles. The molecule has 0 saturated carbocycles. The number of amides is 1. The van der Waals surface area contributed by atoms with Crippen molar-refractivity contribution in [3.05, 3.63) is 0 Å². The van der Waals surface area contributed by atoms with Gasteiger partial charge in [-0.2, -0.15) is 11.8 Å². The first-order chi connectivity index (χ1) is 8.72. The molecule has 104 valence electrons. The Labute approximate surface area is 115 Å². The van der Waals surface area contributed by atoms with Crippen LogP contribution < -0.4 is 5.32 Å². The van der Waals surface area contributed by atoms with Crippen molar-refractivity contribution in [2.45, 2.75) is 44.8 Å². The molecule has 2 rings (SSSR count). The molecule has 0 bridgehead atoms. The smallest absolute Gasteiger partial charge is 0.228 e. The minimum atomic E-state index is -0.0639. The van der Waals surface area contributed by atoms with Gasteiger partial charge in [0.05, 0.1) is 5.41 Å². The van der Waals surface area contributed by atoms with Gasteiger partial charge in [-0.15, -0.1) is 0 Å². The molecule has 4 heteroatoms. The van der Waals surface area contributed by atoms with Gasteiger partial charge >= 0.3 is 0 Å². The van der Waals surface area contributed by atoms with Gasteiger partial charge in [-0.05, 0) is 38.8 Å². The van der Waals surface area contributed by atoms with Crippen LogP contribution in [0.1, 0.15) is 39.5 Å². The molecule has 2 aliphatic heterocycles. The van der Waals surface area contributed by atoms with Crippen molar-refractivity contribution in [2.75, 3.05) is 31.9 Å². The molecule has 0 aromatic heterocycles. The quantitative estimate of drug-likeness (QED) is 0.852. The molecule has 3 nitrogen and oxygen atoms in total. The van der Waals surface area contributed by atoms with Crippen molar-refractivity contribution in [1.82, 2.24) is 10.2 Å². The van der Waals surface area contributed by atoms with Crippen LogP contribution in [0.3, 0.4) is 0 Å². The molecule has 18 heavy (non-hydrogen) atoms. The van der Waals surface area contributed by atoms with Crippen molar-refractivity contribution in [2.24, 2.45) is 5.41 Å². The van der Waals surface area contributed by atoms with Gasteiger partial charge in [0.2, 0.25) is 5.91 Å². The fraction of sp³-hybridized carbons (Fsp3) is 0.929. The number of nitrogens with one attached hydrogen (secondary N) is 1. The fourth-order valence-electron chi connectivity index (χ4n) is 3.11. The lowest BCUT2D eigenvalue weighted by atomic mass is 9.75. The Morgan fingerprint density at radius 3 is 2.72 bits per heavy atom. The fourth-order valence-corrected chi connectivity index (χ4v) is 4.29. The molecule has 0 aromatic carbocycles. The van der Waals surface area contributed by atoms with Crippen LogP contribution >= 0.6 is 11.8 Å². The van der Waals surface area contributed by atoms with Gasteiger partial charge in [-0.3, -0.25) is 4.79 Å². The number of rotatable bonds is 3. The van der Waals surface area contributed by atoms with E-state index in [1.165, 1.54) is 6.42 Å². The van der Waals surface area contributed by atoms with Crippen molar-refractivity contribution >= 4 is 17.7 Å². The lowest BCUT2D eigenvalue weighted by molar-refractivity contribution is -0.144. The molecule has 2 fully saturated rings. The minimum Gasteiger partial charge on any atom is -0.340 e. The van der Waals surface area contributed by atoms with Crippen molar-refractivity contribution in [3.63, 3.8) is 0 Å². The SMILES string of the molecule is CCC1CN(C(=O)C2(CC)CCNCC2)CCS1. The standard InChI is InChI=1S/C14H26N2OS/c1-3-12-11-16(9-10-18-12)13(17)14(4-2)5-7-15-8-6-14/h12,15H,3-11H2,1-2H3. The van der Waals surface area contributed by atoms with Crippen LogP contribution in [-0.2, 0) is 4.79 Å². The highest BCUT2D eigenvalue weighted by molar-refractivity contribution is 8.00. The summed E-state index contributed by atoms with van der Waals surface area (Å²) in [6.45, 7) is 8.33. The second kappa shape index (κ2) is 6.29. The number of carbonyl (C=O) groups excluding carboxylic acids is 1. The Balaban J connectivity index is 2.04. The number of carbonyl (C=O) groups is 1. The molecule has 2 aliphatic rings. The molecule has 1 unspecified atom stereocenters. The van der Waals surface area contributed by atoms with Crippen LogP contribution in [0.25, 0.3) is 0 Å². The normalized spacial score (nSPS) is 28.1. The maximum absolute atomic E-state index is 12.9. The number of hydrogen-bond acceptors (Lipinski definition) is 3. The Hall–Kier alpha value is -0.220. The van der Waals surface area contributed by atoms with E-state index in [0.717, 1.165) is 51.2 Å². The Morgan fingerprint density at radius 1 is 1.39 bits per heavy atom. The monoisotopic (exact) mass is 270 g/mol. The van der Waals surface area contributed by atoms with E-state index in [9.17, 15) is 4.79 Å². The van der Waals surface area contributed by atoms with Crippen molar-refractivity contribution in [1.29, 1.82) is 0 Å². The van der Waals surface area contributed by atoms with Gasteiger partial charge in [0.1, 0.15) is 0 Å². The first-order valence-electron chi connectivity index (χ1n) is 7.33. The number of hydrogen-bond donors (Lipinski definition) is 1. The second-order valence-electron chi connectivity index (χ2n) is 5.54. The molecule has 1 atom stereocenters. The second-order valence-corrected chi connectivity index (χ2v) is 6.94. The summed E-state index contributed by atoms with van der Waals surface area (Å²) in [5.74, 6) is 1.55. The van der Waals surface area contributed by atoms with E-state index in [2.05, 4.69) is 24.1 Å². The van der Waals surface area contributed by atoms with Crippen LogP contribution in [-0.4, -0.2) is 48.0 Å². The van der Waals surface area contributed by atoms with Crippen molar-refractivity contribution in [3.8, 4) is 0 Å². The third-order valence-corrected chi connectivity index (χ3v) is 5.94.